The van der Waals surface area contributed by atoms with Crippen LogP contribution < -0.4 is 5.32 Å². The van der Waals surface area contributed by atoms with E-state index in [-0.39, 0.29) is 12.3 Å². The molecule has 5 nitrogen and oxygen atoms in total. The predicted molar refractivity (Wildman–Crippen MR) is 46.4 cm³/mol. The van der Waals surface area contributed by atoms with Crippen molar-refractivity contribution in [2.24, 2.45) is 0 Å². The van der Waals surface area contributed by atoms with Crippen LogP contribution in [0.5, 0.6) is 0 Å². The fraction of sp³-hybridized carbons (Fsp3) is 1.00. The number of methoxy groups -OCH3 is 2. The van der Waals surface area contributed by atoms with Gasteiger partial charge in [-0.05, 0) is 0 Å². The van der Waals surface area contributed by atoms with Gasteiger partial charge in [0, 0.05) is 20.8 Å². The number of aliphatic hydroxyl groups excluding tert-OH is 1. The molecule has 1 aliphatic rings. The molecule has 1 heterocycles. The molecule has 0 bridgehead atoms. The number of rotatable bonds is 5. The van der Waals surface area contributed by atoms with E-state index in [1.807, 2.05) is 0 Å². The molecule has 0 radical (unpaired) electrons. The Labute approximate surface area is 78.0 Å². The molecule has 0 amide bonds. The van der Waals surface area contributed by atoms with E-state index in [2.05, 4.69) is 5.32 Å². The minimum absolute atomic E-state index is 0.00667. The Hall–Kier alpha value is -0.200. The van der Waals surface area contributed by atoms with Gasteiger partial charge in [-0.2, -0.15) is 0 Å². The third kappa shape index (κ3) is 3.21. The maximum Gasteiger partial charge on any atom is 0.169 e. The second-order valence-corrected chi connectivity index (χ2v) is 3.02. The van der Waals surface area contributed by atoms with Crippen LogP contribution in [0.25, 0.3) is 0 Å². The van der Waals surface area contributed by atoms with Crippen molar-refractivity contribution in [3.63, 3.8) is 0 Å². The molecule has 0 aliphatic carbocycles. The Balaban J connectivity index is 2.17. The smallest absolute Gasteiger partial charge is 0.169 e. The normalized spacial score (nSPS) is 28.6. The van der Waals surface area contributed by atoms with Crippen LogP contribution in [0.15, 0.2) is 0 Å². The number of ether oxygens (including phenoxy) is 3. The van der Waals surface area contributed by atoms with Gasteiger partial charge in [0.25, 0.3) is 0 Å². The van der Waals surface area contributed by atoms with Gasteiger partial charge in [0.05, 0.1) is 25.4 Å². The maximum absolute atomic E-state index is 9.38. The molecule has 0 aromatic rings. The lowest BCUT2D eigenvalue weighted by Crippen LogP contribution is -2.43. The van der Waals surface area contributed by atoms with Gasteiger partial charge >= 0.3 is 0 Å². The summed E-state index contributed by atoms with van der Waals surface area (Å²) in [6.07, 6.45) is -0.692. The van der Waals surface area contributed by atoms with E-state index in [4.69, 9.17) is 14.2 Å². The maximum atomic E-state index is 9.38. The van der Waals surface area contributed by atoms with Crippen LogP contribution in [0.2, 0.25) is 0 Å². The van der Waals surface area contributed by atoms with Gasteiger partial charge in [0.15, 0.2) is 6.29 Å². The Bertz CT molecular complexity index is 140. The van der Waals surface area contributed by atoms with Crippen molar-refractivity contribution in [2.45, 2.75) is 18.4 Å². The van der Waals surface area contributed by atoms with Gasteiger partial charge in [-0.15, -0.1) is 0 Å². The van der Waals surface area contributed by atoms with Crippen LogP contribution in [-0.2, 0) is 14.2 Å². The van der Waals surface area contributed by atoms with Gasteiger partial charge in [-0.25, -0.2) is 0 Å². The first kappa shape index (κ1) is 10.9. The monoisotopic (exact) mass is 191 g/mol. The van der Waals surface area contributed by atoms with Crippen LogP contribution >= 0.6 is 0 Å². The first-order valence-corrected chi connectivity index (χ1v) is 4.32. The number of nitrogens with one attached hydrogen (secondary N) is 1. The topological polar surface area (TPSA) is 60.0 Å². The zero-order chi connectivity index (χ0) is 9.68. The summed E-state index contributed by atoms with van der Waals surface area (Å²) >= 11 is 0. The first-order chi connectivity index (χ1) is 6.27. The molecule has 2 atom stereocenters. The van der Waals surface area contributed by atoms with Crippen LogP contribution in [0, 0.1) is 0 Å². The highest BCUT2D eigenvalue weighted by Crippen LogP contribution is 2.04. The largest absolute Gasteiger partial charge is 0.389 e. The third-order valence-electron chi connectivity index (χ3n) is 2.12. The van der Waals surface area contributed by atoms with Crippen molar-refractivity contribution in [2.75, 3.05) is 34.0 Å². The predicted octanol–water partition coefficient (Wildman–Crippen LogP) is -1.05. The lowest BCUT2D eigenvalue weighted by molar-refractivity contribution is -0.101. The standard InChI is InChI=1S/C8H17NO4/c1-11-8(12-2)3-9-6-4-13-5-7(6)10/h6-10H,3-5H2,1-2H3/t6-,7-/m1/s1. The van der Waals surface area contributed by atoms with Crippen LogP contribution in [0.1, 0.15) is 0 Å². The van der Waals surface area contributed by atoms with Crippen molar-refractivity contribution < 1.29 is 19.3 Å². The highest BCUT2D eigenvalue weighted by Gasteiger charge is 2.26. The molecule has 0 aromatic heterocycles. The number of hydrogen-bond donors (Lipinski definition) is 2. The lowest BCUT2D eigenvalue weighted by atomic mass is 10.2. The second-order valence-electron chi connectivity index (χ2n) is 3.02. The summed E-state index contributed by atoms with van der Waals surface area (Å²) in [6, 6.07) is -0.00667. The van der Waals surface area contributed by atoms with E-state index in [1.54, 1.807) is 14.2 Å². The van der Waals surface area contributed by atoms with Crippen molar-refractivity contribution in [3.8, 4) is 0 Å². The lowest BCUT2D eigenvalue weighted by Gasteiger charge is -2.18. The molecule has 1 aliphatic heterocycles. The van der Waals surface area contributed by atoms with E-state index in [1.165, 1.54) is 0 Å². The van der Waals surface area contributed by atoms with Crippen LogP contribution in [-0.4, -0.2) is 57.5 Å². The zero-order valence-electron chi connectivity index (χ0n) is 8.03. The van der Waals surface area contributed by atoms with Crippen molar-refractivity contribution in [1.82, 2.24) is 5.32 Å². The summed E-state index contributed by atoms with van der Waals surface area (Å²) in [5.74, 6) is 0. The summed E-state index contributed by atoms with van der Waals surface area (Å²) < 4.78 is 15.0. The average molecular weight is 191 g/mol. The Kier molecular flexibility index (Phi) is 4.61. The molecule has 1 saturated heterocycles. The molecule has 13 heavy (non-hydrogen) atoms. The highest BCUT2D eigenvalue weighted by molar-refractivity contribution is 4.80. The van der Waals surface area contributed by atoms with Crippen molar-refractivity contribution in [3.05, 3.63) is 0 Å². The minimum Gasteiger partial charge on any atom is -0.389 e. The Morgan fingerprint density at radius 3 is 2.62 bits per heavy atom. The SMILES string of the molecule is COC(CN[C@@H]1COC[C@H]1O)OC. The second kappa shape index (κ2) is 5.51. The molecular formula is C8H17NO4. The van der Waals surface area contributed by atoms with E-state index >= 15 is 0 Å². The van der Waals surface area contributed by atoms with Gasteiger partial charge in [0.2, 0.25) is 0 Å². The third-order valence-corrected chi connectivity index (χ3v) is 2.12. The van der Waals surface area contributed by atoms with E-state index in [0.717, 1.165) is 0 Å². The number of hydrogen-bond acceptors (Lipinski definition) is 5. The molecule has 0 unspecified atom stereocenters. The molecule has 0 spiro atoms. The number of aliphatic hydroxyl groups is 1. The fourth-order valence-corrected chi connectivity index (χ4v) is 1.25. The summed E-state index contributed by atoms with van der Waals surface area (Å²) in [4.78, 5) is 0. The van der Waals surface area contributed by atoms with Crippen LogP contribution in [0.4, 0.5) is 0 Å². The van der Waals surface area contributed by atoms with E-state index < -0.39 is 6.10 Å². The molecule has 1 fully saturated rings. The van der Waals surface area contributed by atoms with Crippen LogP contribution in [0.3, 0.4) is 0 Å². The molecule has 1 rings (SSSR count). The van der Waals surface area contributed by atoms with E-state index in [9.17, 15) is 5.11 Å². The van der Waals surface area contributed by atoms with Gasteiger partial charge in [-0.3, -0.25) is 0 Å². The minimum atomic E-state index is -0.422. The zero-order valence-corrected chi connectivity index (χ0v) is 8.03. The van der Waals surface area contributed by atoms with Crippen molar-refractivity contribution in [1.29, 1.82) is 0 Å². The summed E-state index contributed by atoms with van der Waals surface area (Å²) in [6.45, 7) is 1.50. The fourth-order valence-electron chi connectivity index (χ4n) is 1.25. The van der Waals surface area contributed by atoms with Gasteiger partial charge in [0.1, 0.15) is 0 Å². The average Bonchev–Trinajstić information content (AvgIpc) is 2.54. The summed E-state index contributed by atoms with van der Waals surface area (Å²) in [5, 5.41) is 12.5. The Morgan fingerprint density at radius 2 is 2.15 bits per heavy atom. The van der Waals surface area contributed by atoms with Crippen molar-refractivity contribution >= 4 is 0 Å². The Morgan fingerprint density at radius 1 is 1.46 bits per heavy atom. The van der Waals surface area contributed by atoms with E-state index in [0.29, 0.717) is 19.8 Å². The van der Waals surface area contributed by atoms with Gasteiger partial charge < -0.3 is 24.6 Å². The first-order valence-electron chi connectivity index (χ1n) is 4.32. The quantitative estimate of drug-likeness (QED) is 0.543. The summed E-state index contributed by atoms with van der Waals surface area (Å²) in [7, 11) is 3.16. The molecule has 0 aromatic carbocycles. The molecule has 78 valence electrons. The molecular weight excluding hydrogens is 174 g/mol. The van der Waals surface area contributed by atoms with Gasteiger partial charge in [-0.1, -0.05) is 0 Å². The molecule has 0 saturated carbocycles. The summed E-state index contributed by atoms with van der Waals surface area (Å²) in [5.41, 5.74) is 0. The molecule has 5 heteroatoms. The molecule has 2 N–H and O–H groups in total. The highest BCUT2D eigenvalue weighted by atomic mass is 16.7.